The Morgan fingerprint density at radius 1 is 1.06 bits per heavy atom. The van der Waals surface area contributed by atoms with Crippen molar-refractivity contribution in [3.8, 4) is 0 Å². The third-order valence-electron chi connectivity index (χ3n) is 5.07. The Morgan fingerprint density at radius 3 is 2.26 bits per heavy atom. The van der Waals surface area contributed by atoms with Gasteiger partial charge in [-0.05, 0) is 39.0 Å². The zero-order valence-corrected chi connectivity index (χ0v) is 19.1. The van der Waals surface area contributed by atoms with Gasteiger partial charge in [-0.25, -0.2) is 9.59 Å². The molecule has 0 fully saturated rings. The van der Waals surface area contributed by atoms with E-state index in [1.54, 1.807) is 20.8 Å². The number of ether oxygens (including phenoxy) is 1. The normalized spacial score (nSPS) is 18.1. The largest absolute Gasteiger partial charge is 0.444 e. The summed E-state index contributed by atoms with van der Waals surface area (Å²) in [6.45, 7) is 6.10. The van der Waals surface area contributed by atoms with Gasteiger partial charge in [-0.2, -0.15) is 26.3 Å². The van der Waals surface area contributed by atoms with E-state index in [1.807, 2.05) is 0 Å². The molecule has 1 aromatic heterocycles. The predicted molar refractivity (Wildman–Crippen MR) is 112 cm³/mol. The third kappa shape index (κ3) is 5.98. The molecule has 3 rings (SSSR count). The summed E-state index contributed by atoms with van der Waals surface area (Å²) in [5.74, 6) is -0.848. The van der Waals surface area contributed by atoms with Crippen molar-refractivity contribution in [2.75, 3.05) is 0 Å². The fraction of sp³-hybridized carbons (Fsp3) is 0.391. The fourth-order valence-corrected chi connectivity index (χ4v) is 3.50. The average molecular weight is 502 g/mol. The molecule has 1 aliphatic rings. The van der Waals surface area contributed by atoms with Gasteiger partial charge >= 0.3 is 24.4 Å². The number of nitrogens with one attached hydrogen (secondary N) is 1. The Labute approximate surface area is 196 Å². The van der Waals surface area contributed by atoms with E-state index < -0.39 is 47.1 Å². The summed E-state index contributed by atoms with van der Waals surface area (Å²) < 4.78 is 85.7. The van der Waals surface area contributed by atoms with Gasteiger partial charge < -0.3 is 10.1 Å². The van der Waals surface area contributed by atoms with Gasteiger partial charge in [0.05, 0.1) is 11.1 Å². The summed E-state index contributed by atoms with van der Waals surface area (Å²) in [4.78, 5) is 29.5. The van der Waals surface area contributed by atoms with Crippen LogP contribution in [0.4, 0.5) is 36.8 Å². The predicted octanol–water partition coefficient (Wildman–Crippen LogP) is 5.25. The second-order valence-corrected chi connectivity index (χ2v) is 8.93. The van der Waals surface area contributed by atoms with Crippen LogP contribution >= 0.6 is 0 Å². The Morgan fingerprint density at radius 2 is 1.69 bits per heavy atom. The maximum absolute atomic E-state index is 13.4. The number of benzene rings is 1. The Kier molecular flexibility index (Phi) is 6.71. The Bertz CT molecular complexity index is 1200. The number of hydrogen-bond donors (Lipinski definition) is 1. The monoisotopic (exact) mass is 502 g/mol. The number of fused-ring (bicyclic) bond motifs is 1. The van der Waals surface area contributed by atoms with Crippen LogP contribution in [0.25, 0.3) is 0 Å². The average Bonchev–Trinajstić information content (AvgIpc) is 2.71. The van der Waals surface area contributed by atoms with Gasteiger partial charge in [-0.15, -0.1) is 4.58 Å². The Balaban J connectivity index is 2.17. The van der Waals surface area contributed by atoms with Crippen LogP contribution in [0.15, 0.2) is 36.5 Å². The first-order valence-corrected chi connectivity index (χ1v) is 10.4. The molecular formula is C23H22F6N3O3+. The third-order valence-corrected chi connectivity index (χ3v) is 5.07. The zero-order valence-electron chi connectivity index (χ0n) is 19.1. The molecule has 0 spiro atoms. The second-order valence-electron chi connectivity index (χ2n) is 8.93. The first kappa shape index (κ1) is 26.2. The van der Waals surface area contributed by atoms with Crippen molar-refractivity contribution in [2.45, 2.75) is 58.1 Å². The van der Waals surface area contributed by atoms with E-state index in [0.29, 0.717) is 12.3 Å². The van der Waals surface area contributed by atoms with E-state index in [9.17, 15) is 35.9 Å². The van der Waals surface area contributed by atoms with Crippen LogP contribution in [0.5, 0.6) is 0 Å². The summed E-state index contributed by atoms with van der Waals surface area (Å²) in [7, 11) is 0. The summed E-state index contributed by atoms with van der Waals surface area (Å²) in [6, 6.07) is 3.47. The van der Waals surface area contributed by atoms with Gasteiger partial charge in [0, 0.05) is 31.2 Å². The van der Waals surface area contributed by atoms with E-state index in [2.05, 4.69) is 10.3 Å². The van der Waals surface area contributed by atoms with Crippen LogP contribution in [-0.4, -0.2) is 38.9 Å². The summed E-state index contributed by atoms with van der Waals surface area (Å²) in [6.07, 6.45) is -10.0. The van der Waals surface area contributed by atoms with Crippen LogP contribution in [0.2, 0.25) is 0 Å². The summed E-state index contributed by atoms with van der Waals surface area (Å²) >= 11 is 0. The number of pyridine rings is 1. The standard InChI is InChI=1S/C23H21F6N3O3/c1-12(13-6-5-7-14(8-13)22(24,25)26)32-18-9-15(23(27,28)29)11-30-16(18)10-17(19(32)33)31-20(34)35-21(2,3)4/h5-9,11,17H,10H2,1-4H3/p+1/t17-/m1/s1. The number of halogens is 6. The number of carbonyl (C=O) groups excluding carboxylic acids is 2. The van der Waals surface area contributed by atoms with Crippen LogP contribution in [0, 0.1) is 0 Å². The number of rotatable bonds is 2. The van der Waals surface area contributed by atoms with Gasteiger partial charge in [0.1, 0.15) is 11.3 Å². The second kappa shape index (κ2) is 8.97. The summed E-state index contributed by atoms with van der Waals surface area (Å²) in [5, 5.41) is 2.37. The number of nitrogens with zero attached hydrogens (tertiary/aromatic N) is 2. The molecule has 1 aromatic carbocycles. The number of alkyl carbamates (subject to hydrolysis) is 1. The SMILES string of the molecule is CC(c1cccc(C(F)(F)F)c1)=[N+]1C(=O)[C@H](NC(=O)OC(C)(C)C)Cc2ncc(C(F)(F)F)cc21. The van der Waals surface area contributed by atoms with Crippen molar-refractivity contribution in [3.05, 3.63) is 58.9 Å². The van der Waals surface area contributed by atoms with Crippen molar-refractivity contribution < 1.29 is 45.2 Å². The molecule has 0 saturated carbocycles. The van der Waals surface area contributed by atoms with E-state index in [4.69, 9.17) is 4.74 Å². The topological polar surface area (TPSA) is 71.3 Å². The smallest absolute Gasteiger partial charge is 0.418 e. The molecular weight excluding hydrogens is 480 g/mol. The minimum absolute atomic E-state index is 0.0463. The quantitative estimate of drug-likeness (QED) is 0.450. The lowest BCUT2D eigenvalue weighted by atomic mass is 9.99. The highest BCUT2D eigenvalue weighted by Crippen LogP contribution is 2.35. The molecule has 2 aromatic rings. The number of carbonyl (C=O) groups is 2. The molecule has 1 aliphatic heterocycles. The van der Waals surface area contributed by atoms with E-state index in [0.717, 1.165) is 22.8 Å². The van der Waals surface area contributed by atoms with Crippen molar-refractivity contribution >= 4 is 23.4 Å². The molecule has 2 amide bonds. The molecule has 35 heavy (non-hydrogen) atoms. The highest BCUT2D eigenvalue weighted by atomic mass is 19.4. The van der Waals surface area contributed by atoms with Gasteiger partial charge in [-0.1, -0.05) is 6.07 Å². The Hall–Kier alpha value is -3.44. The minimum atomic E-state index is -4.77. The highest BCUT2D eigenvalue weighted by molar-refractivity contribution is 6.00. The van der Waals surface area contributed by atoms with Crippen LogP contribution in [0.1, 0.15) is 50.1 Å². The molecule has 0 unspecified atom stereocenters. The number of alkyl halides is 6. The van der Waals surface area contributed by atoms with Crippen molar-refractivity contribution in [1.29, 1.82) is 0 Å². The molecule has 1 N–H and O–H groups in total. The lowest BCUT2D eigenvalue weighted by molar-refractivity contribution is -0.374. The fourth-order valence-electron chi connectivity index (χ4n) is 3.50. The lowest BCUT2D eigenvalue weighted by Crippen LogP contribution is -2.50. The van der Waals surface area contributed by atoms with Gasteiger partial charge in [0.25, 0.3) is 0 Å². The number of aromatic nitrogens is 1. The molecule has 188 valence electrons. The van der Waals surface area contributed by atoms with Gasteiger partial charge in [0.2, 0.25) is 5.69 Å². The van der Waals surface area contributed by atoms with E-state index >= 15 is 0 Å². The number of amides is 2. The van der Waals surface area contributed by atoms with Crippen LogP contribution in [-0.2, 0) is 28.3 Å². The number of hydrogen-bond acceptors (Lipinski definition) is 4. The summed E-state index contributed by atoms with van der Waals surface area (Å²) in [5.41, 5.74) is -3.33. The molecule has 0 saturated heterocycles. The van der Waals surface area contributed by atoms with Crippen molar-refractivity contribution in [2.24, 2.45) is 0 Å². The zero-order chi connectivity index (χ0) is 26.3. The molecule has 0 aliphatic carbocycles. The molecule has 6 nitrogen and oxygen atoms in total. The van der Waals surface area contributed by atoms with E-state index in [1.165, 1.54) is 13.0 Å². The first-order valence-electron chi connectivity index (χ1n) is 10.4. The van der Waals surface area contributed by atoms with Crippen LogP contribution < -0.4 is 5.32 Å². The highest BCUT2D eigenvalue weighted by Gasteiger charge is 2.44. The molecule has 0 bridgehead atoms. The minimum Gasteiger partial charge on any atom is -0.444 e. The maximum Gasteiger partial charge on any atom is 0.418 e. The van der Waals surface area contributed by atoms with Crippen LogP contribution in [0.3, 0.4) is 0 Å². The van der Waals surface area contributed by atoms with Gasteiger partial charge in [-0.3, -0.25) is 4.98 Å². The molecule has 1 atom stereocenters. The molecule has 12 heteroatoms. The molecule has 0 radical (unpaired) electrons. The van der Waals surface area contributed by atoms with Crippen molar-refractivity contribution in [3.63, 3.8) is 0 Å². The van der Waals surface area contributed by atoms with Gasteiger partial charge in [0.15, 0.2) is 11.8 Å². The maximum atomic E-state index is 13.4. The van der Waals surface area contributed by atoms with E-state index in [-0.39, 0.29) is 29.1 Å². The first-order chi connectivity index (χ1) is 16.0. The van der Waals surface area contributed by atoms with Crippen molar-refractivity contribution in [1.82, 2.24) is 10.3 Å². The molecule has 2 heterocycles. The lowest BCUT2D eigenvalue weighted by Gasteiger charge is -2.24.